The predicted molar refractivity (Wildman–Crippen MR) is 165 cm³/mol. The molecule has 2 N–H and O–H groups in total. The second-order valence-corrected chi connectivity index (χ2v) is 14.3. The number of nitrogen functional groups attached to an aromatic ring is 1. The van der Waals surface area contributed by atoms with Crippen LogP contribution in [-0.4, -0.2) is 56.3 Å². The number of amides is 1. The Labute approximate surface area is 252 Å². The van der Waals surface area contributed by atoms with Gasteiger partial charge in [0.05, 0.1) is 17.1 Å². The normalized spacial score (nSPS) is 21.1. The van der Waals surface area contributed by atoms with E-state index in [1.165, 1.54) is 40.5 Å². The number of nitrogens with zero attached hydrogens (tertiary/aromatic N) is 5. The second kappa shape index (κ2) is 10.3. The zero-order valence-corrected chi connectivity index (χ0v) is 25.8. The van der Waals surface area contributed by atoms with Gasteiger partial charge in [0.25, 0.3) is 0 Å². The standard InChI is InChI=1S/C28H29F3N6O2S3/c1-6-19(38)35-8-14(5)36(9-13(35)4)24-15-7-17(28(29,30)31)20(16-10-41-25-21(16)33-26(32)42-25)23-22(15)37(27(39)34-24)18(11-40-23)12(2)3/h6-7,10,12-14,18H,1,8-9,11H2,2-5H3,(H2,32,33)/t13-,14+,18?/m1/s1. The lowest BCUT2D eigenvalue weighted by molar-refractivity contribution is -0.137. The Kier molecular flexibility index (Phi) is 7.09. The first-order valence-corrected chi connectivity index (χ1v) is 16.2. The Morgan fingerprint density at radius 3 is 2.62 bits per heavy atom. The molecule has 5 heterocycles. The molecule has 0 bridgehead atoms. The van der Waals surface area contributed by atoms with E-state index < -0.39 is 17.4 Å². The van der Waals surface area contributed by atoms with Crippen molar-refractivity contribution >= 4 is 71.7 Å². The van der Waals surface area contributed by atoms with E-state index in [0.29, 0.717) is 40.3 Å². The highest BCUT2D eigenvalue weighted by atomic mass is 32.2. The summed E-state index contributed by atoms with van der Waals surface area (Å²) in [5, 5.41) is 2.25. The fraction of sp³-hybridized carbons (Fsp3) is 0.429. The summed E-state index contributed by atoms with van der Waals surface area (Å²) in [6.45, 7) is 11.9. The van der Waals surface area contributed by atoms with Crippen molar-refractivity contribution in [2.75, 3.05) is 29.5 Å². The van der Waals surface area contributed by atoms with Gasteiger partial charge in [0, 0.05) is 57.7 Å². The highest BCUT2D eigenvalue weighted by Crippen LogP contribution is 2.53. The monoisotopic (exact) mass is 634 g/mol. The number of thiazole rings is 1. The van der Waals surface area contributed by atoms with Gasteiger partial charge in [-0.3, -0.25) is 9.36 Å². The average molecular weight is 635 g/mol. The molecule has 3 aromatic heterocycles. The molecule has 1 aromatic carbocycles. The maximum Gasteiger partial charge on any atom is 0.417 e. The Bertz CT molecular complexity index is 1810. The Hall–Kier alpha value is -3.10. The van der Waals surface area contributed by atoms with E-state index in [0.717, 1.165) is 10.1 Å². The summed E-state index contributed by atoms with van der Waals surface area (Å²) in [6.07, 6.45) is -3.44. The van der Waals surface area contributed by atoms with E-state index in [-0.39, 0.29) is 51.8 Å². The molecule has 1 fully saturated rings. The lowest BCUT2D eigenvalue weighted by Gasteiger charge is -2.45. The van der Waals surface area contributed by atoms with Gasteiger partial charge in [-0.2, -0.15) is 18.2 Å². The third-order valence-corrected chi connectivity index (χ3v) is 11.3. The maximum absolute atomic E-state index is 15.0. The van der Waals surface area contributed by atoms with Gasteiger partial charge in [0.15, 0.2) is 5.13 Å². The lowest BCUT2D eigenvalue weighted by Crippen LogP contribution is -2.58. The molecular formula is C28H29F3N6O2S3. The molecule has 14 heteroatoms. The number of alkyl halides is 3. The van der Waals surface area contributed by atoms with Gasteiger partial charge in [-0.05, 0) is 31.9 Å². The summed E-state index contributed by atoms with van der Waals surface area (Å²) in [4.78, 5) is 39.0. The average Bonchev–Trinajstić information content (AvgIpc) is 3.49. The fourth-order valence-electron chi connectivity index (χ4n) is 6.01. The van der Waals surface area contributed by atoms with Crippen molar-refractivity contribution in [3.8, 4) is 11.1 Å². The predicted octanol–water partition coefficient (Wildman–Crippen LogP) is 6.25. The number of nitrogens with two attached hydrogens (primary N) is 1. The van der Waals surface area contributed by atoms with E-state index in [2.05, 4.69) is 16.5 Å². The summed E-state index contributed by atoms with van der Waals surface area (Å²) < 4.78 is 47.3. The number of hydrogen-bond acceptors (Lipinski definition) is 9. The Morgan fingerprint density at radius 2 is 1.95 bits per heavy atom. The highest BCUT2D eigenvalue weighted by Gasteiger charge is 2.41. The van der Waals surface area contributed by atoms with Gasteiger partial charge in [-0.1, -0.05) is 31.8 Å². The van der Waals surface area contributed by atoms with Gasteiger partial charge >= 0.3 is 11.9 Å². The first-order chi connectivity index (χ1) is 19.8. The van der Waals surface area contributed by atoms with Crippen LogP contribution in [0.4, 0.5) is 24.1 Å². The molecule has 0 radical (unpaired) electrons. The molecule has 8 nitrogen and oxygen atoms in total. The van der Waals surface area contributed by atoms with Crippen molar-refractivity contribution in [1.29, 1.82) is 0 Å². The molecular weight excluding hydrogens is 606 g/mol. The first kappa shape index (κ1) is 29.0. The molecule has 222 valence electrons. The van der Waals surface area contributed by atoms with Gasteiger partial charge in [-0.15, -0.1) is 23.1 Å². The third kappa shape index (κ3) is 4.49. The topological polar surface area (TPSA) is 97.4 Å². The number of aromatic nitrogens is 3. The van der Waals surface area contributed by atoms with Crippen LogP contribution in [0, 0.1) is 5.92 Å². The minimum absolute atomic E-state index is 0.0203. The number of halogens is 3. The van der Waals surface area contributed by atoms with Crippen LogP contribution in [0.5, 0.6) is 0 Å². The number of fused-ring (bicyclic) bond motifs is 1. The van der Waals surface area contributed by atoms with E-state index in [4.69, 9.17) is 5.73 Å². The summed E-state index contributed by atoms with van der Waals surface area (Å²) in [6, 6.07) is 0.318. The molecule has 0 aliphatic carbocycles. The minimum atomic E-state index is -4.70. The number of benzene rings is 1. The summed E-state index contributed by atoms with van der Waals surface area (Å²) in [7, 11) is 0. The van der Waals surface area contributed by atoms with Crippen LogP contribution in [0.1, 0.15) is 39.3 Å². The van der Waals surface area contributed by atoms with E-state index in [9.17, 15) is 22.8 Å². The smallest absolute Gasteiger partial charge is 0.375 e. The molecule has 2 aliphatic rings. The molecule has 1 amide bonds. The Balaban J connectivity index is 1.68. The van der Waals surface area contributed by atoms with Crippen LogP contribution in [0.25, 0.3) is 31.6 Å². The minimum Gasteiger partial charge on any atom is -0.375 e. The number of rotatable bonds is 4. The van der Waals surface area contributed by atoms with Crippen molar-refractivity contribution in [3.05, 3.63) is 40.1 Å². The molecule has 42 heavy (non-hydrogen) atoms. The van der Waals surface area contributed by atoms with Crippen LogP contribution in [-0.2, 0) is 11.0 Å². The SMILES string of the molecule is C=CC(=O)N1C[C@H](C)N(c2nc(=O)n3c4c(c(-c5csc6sc(N)nc56)c(C(F)(F)F)cc24)SCC3C(C)C)C[C@H]1C. The van der Waals surface area contributed by atoms with Gasteiger partial charge in [-0.25, -0.2) is 9.78 Å². The number of carbonyl (C=O) groups is 1. The lowest BCUT2D eigenvalue weighted by atomic mass is 9.96. The molecule has 2 aliphatic heterocycles. The van der Waals surface area contributed by atoms with Crippen molar-refractivity contribution in [1.82, 2.24) is 19.4 Å². The van der Waals surface area contributed by atoms with Crippen LogP contribution >= 0.6 is 34.4 Å². The number of anilines is 2. The summed E-state index contributed by atoms with van der Waals surface area (Å²) in [5.41, 5.74) is 5.90. The van der Waals surface area contributed by atoms with Crippen LogP contribution < -0.4 is 16.3 Å². The molecule has 1 saturated heterocycles. The van der Waals surface area contributed by atoms with Crippen LogP contribution in [0.2, 0.25) is 0 Å². The van der Waals surface area contributed by atoms with Gasteiger partial charge in [0.1, 0.15) is 15.3 Å². The van der Waals surface area contributed by atoms with E-state index in [1.54, 1.807) is 14.8 Å². The summed E-state index contributed by atoms with van der Waals surface area (Å²) in [5.74, 6) is 0.456. The zero-order chi connectivity index (χ0) is 30.2. The molecule has 3 atom stereocenters. The molecule has 0 spiro atoms. The zero-order valence-electron chi connectivity index (χ0n) is 23.4. The number of thioether (sulfide) groups is 1. The van der Waals surface area contributed by atoms with Gasteiger partial charge in [0.2, 0.25) is 5.91 Å². The van der Waals surface area contributed by atoms with Crippen molar-refractivity contribution in [2.45, 2.75) is 56.9 Å². The largest absolute Gasteiger partial charge is 0.417 e. The van der Waals surface area contributed by atoms with E-state index >= 15 is 0 Å². The Morgan fingerprint density at radius 1 is 1.21 bits per heavy atom. The van der Waals surface area contributed by atoms with Crippen LogP contribution in [0.3, 0.4) is 0 Å². The number of piperazine rings is 1. The summed E-state index contributed by atoms with van der Waals surface area (Å²) >= 11 is 3.88. The molecule has 0 saturated carbocycles. The number of hydrogen-bond donors (Lipinski definition) is 1. The van der Waals surface area contributed by atoms with Gasteiger partial charge < -0.3 is 15.5 Å². The van der Waals surface area contributed by atoms with Crippen molar-refractivity contribution in [2.24, 2.45) is 5.92 Å². The highest BCUT2D eigenvalue weighted by molar-refractivity contribution is 7.99. The fourth-order valence-corrected chi connectivity index (χ4v) is 9.49. The number of carbonyl (C=O) groups excluding carboxylic acids is 1. The van der Waals surface area contributed by atoms with Crippen molar-refractivity contribution < 1.29 is 18.0 Å². The second-order valence-electron chi connectivity index (χ2n) is 11.1. The quantitative estimate of drug-likeness (QED) is 0.265. The molecule has 4 aromatic rings. The molecule has 1 unspecified atom stereocenters. The van der Waals surface area contributed by atoms with E-state index in [1.807, 2.05) is 32.6 Å². The first-order valence-electron chi connectivity index (χ1n) is 13.5. The molecule has 6 rings (SSSR count). The van der Waals surface area contributed by atoms with Crippen LogP contribution in [0.15, 0.2) is 33.8 Å². The van der Waals surface area contributed by atoms with Crippen molar-refractivity contribution in [3.63, 3.8) is 0 Å². The third-order valence-electron chi connectivity index (χ3n) is 8.09. The number of thiophene rings is 1. The maximum atomic E-state index is 15.0.